The molecule has 17 heavy (non-hydrogen) atoms. The normalized spacial score (nSPS) is 10.8. The van der Waals surface area contributed by atoms with E-state index in [0.29, 0.717) is 4.99 Å². The Kier molecular flexibility index (Phi) is 2.42. The van der Waals surface area contributed by atoms with Gasteiger partial charge in [-0.1, -0.05) is 24.4 Å². The molecule has 0 saturated heterocycles. The average Bonchev–Trinajstić information content (AvgIpc) is 2.94. The number of benzene rings is 1. The molecule has 0 aliphatic heterocycles. The molecular formula is C12H9N3S2. The third kappa shape index (κ3) is 1.64. The average molecular weight is 259 g/mol. The third-order valence-electron chi connectivity index (χ3n) is 2.58. The molecule has 3 nitrogen and oxygen atoms in total. The Labute approximate surface area is 108 Å². The van der Waals surface area contributed by atoms with Crippen molar-refractivity contribution in [2.75, 3.05) is 0 Å². The lowest BCUT2D eigenvalue weighted by molar-refractivity contribution is 1.10. The van der Waals surface area contributed by atoms with E-state index < -0.39 is 0 Å². The van der Waals surface area contributed by atoms with E-state index in [1.54, 1.807) is 0 Å². The van der Waals surface area contributed by atoms with E-state index in [1.807, 2.05) is 41.1 Å². The van der Waals surface area contributed by atoms with Crippen molar-refractivity contribution in [3.63, 3.8) is 0 Å². The molecule has 0 radical (unpaired) electrons. The predicted octanol–water partition coefficient (Wildman–Crippen LogP) is 2.72. The van der Waals surface area contributed by atoms with Crippen LogP contribution in [0.25, 0.3) is 15.9 Å². The maximum atomic E-state index is 5.70. The summed E-state index contributed by atoms with van der Waals surface area (Å²) in [5.41, 5.74) is 7.54. The van der Waals surface area contributed by atoms with Gasteiger partial charge in [-0.15, -0.1) is 0 Å². The Balaban J connectivity index is 2.28. The predicted molar refractivity (Wildman–Crippen MR) is 74.8 cm³/mol. The van der Waals surface area contributed by atoms with E-state index in [0.717, 1.165) is 21.6 Å². The van der Waals surface area contributed by atoms with Crippen molar-refractivity contribution in [1.82, 2.24) is 8.94 Å². The minimum atomic E-state index is 0.396. The largest absolute Gasteiger partial charge is 0.388 e. The summed E-state index contributed by atoms with van der Waals surface area (Å²) in [5.74, 6) is 0. The summed E-state index contributed by atoms with van der Waals surface area (Å²) in [4.78, 5) is 0.396. The van der Waals surface area contributed by atoms with Crippen molar-refractivity contribution >= 4 is 39.6 Å². The van der Waals surface area contributed by atoms with Crippen molar-refractivity contribution in [3.8, 4) is 5.00 Å². The van der Waals surface area contributed by atoms with E-state index in [9.17, 15) is 0 Å². The zero-order valence-corrected chi connectivity index (χ0v) is 10.5. The summed E-state index contributed by atoms with van der Waals surface area (Å²) in [6, 6.07) is 11.9. The van der Waals surface area contributed by atoms with E-state index in [-0.39, 0.29) is 0 Å². The molecule has 0 atom stereocenters. The molecule has 0 saturated carbocycles. The van der Waals surface area contributed by atoms with E-state index in [4.69, 9.17) is 18.0 Å². The van der Waals surface area contributed by atoms with Crippen LogP contribution in [0.15, 0.2) is 42.6 Å². The molecule has 2 N–H and O–H groups in total. The zero-order chi connectivity index (χ0) is 11.8. The van der Waals surface area contributed by atoms with Crippen molar-refractivity contribution in [3.05, 3.63) is 48.3 Å². The van der Waals surface area contributed by atoms with Crippen LogP contribution in [-0.2, 0) is 0 Å². The van der Waals surface area contributed by atoms with Gasteiger partial charge >= 0.3 is 0 Å². The third-order valence-corrected chi connectivity index (χ3v) is 3.67. The van der Waals surface area contributed by atoms with Gasteiger partial charge in [-0.25, -0.2) is 0 Å². The van der Waals surface area contributed by atoms with Gasteiger partial charge < -0.3 is 10.3 Å². The summed E-state index contributed by atoms with van der Waals surface area (Å²) in [6.07, 6.45) is 1.95. The molecule has 1 aromatic carbocycles. The first kappa shape index (κ1) is 10.4. The van der Waals surface area contributed by atoms with Crippen molar-refractivity contribution in [2.24, 2.45) is 5.73 Å². The second-order valence-corrected chi connectivity index (χ2v) is 4.82. The molecule has 0 fully saturated rings. The maximum Gasteiger partial charge on any atom is 0.128 e. The molecule has 0 aliphatic carbocycles. The number of hydrogen-bond acceptors (Lipinski definition) is 3. The number of nitrogens with zero attached hydrogens (tertiary/aromatic N) is 2. The van der Waals surface area contributed by atoms with Gasteiger partial charge in [0, 0.05) is 11.6 Å². The van der Waals surface area contributed by atoms with Gasteiger partial charge in [0.05, 0.1) is 11.2 Å². The van der Waals surface area contributed by atoms with Gasteiger partial charge in [-0.3, -0.25) is 0 Å². The van der Waals surface area contributed by atoms with Crippen LogP contribution >= 0.6 is 23.8 Å². The van der Waals surface area contributed by atoms with Crippen LogP contribution in [0.5, 0.6) is 0 Å². The molecule has 0 unspecified atom stereocenters. The first-order valence-electron chi connectivity index (χ1n) is 5.09. The molecular weight excluding hydrogens is 250 g/mol. The van der Waals surface area contributed by atoms with Crippen LogP contribution in [0, 0.1) is 0 Å². The smallest absolute Gasteiger partial charge is 0.128 e. The molecule has 0 amide bonds. The summed E-state index contributed by atoms with van der Waals surface area (Å²) in [5, 5.41) is 2.17. The van der Waals surface area contributed by atoms with Gasteiger partial charge in [0.25, 0.3) is 0 Å². The van der Waals surface area contributed by atoms with E-state index in [1.165, 1.54) is 11.5 Å². The highest BCUT2D eigenvalue weighted by Crippen LogP contribution is 2.27. The second-order valence-electron chi connectivity index (χ2n) is 3.63. The van der Waals surface area contributed by atoms with Crippen LogP contribution < -0.4 is 5.73 Å². The Morgan fingerprint density at radius 3 is 2.88 bits per heavy atom. The number of rotatable bonds is 2. The fourth-order valence-electron chi connectivity index (χ4n) is 1.81. The molecule has 2 aromatic heterocycles. The number of hydrogen-bond donors (Lipinski definition) is 1. The lowest BCUT2D eigenvalue weighted by atomic mass is 10.2. The van der Waals surface area contributed by atoms with Gasteiger partial charge in [-0.05, 0) is 35.8 Å². The maximum absolute atomic E-state index is 5.70. The Morgan fingerprint density at radius 2 is 2.06 bits per heavy atom. The lowest BCUT2D eigenvalue weighted by Gasteiger charge is -2.04. The van der Waals surface area contributed by atoms with Crippen LogP contribution in [0.3, 0.4) is 0 Å². The number of thiocarbonyl (C=S) groups is 1. The molecule has 5 heteroatoms. The molecule has 0 spiro atoms. The zero-order valence-electron chi connectivity index (χ0n) is 8.83. The Morgan fingerprint density at radius 1 is 1.24 bits per heavy atom. The molecule has 2 heterocycles. The number of aromatic nitrogens is 2. The van der Waals surface area contributed by atoms with Crippen molar-refractivity contribution < 1.29 is 0 Å². The molecule has 84 valence electrons. The van der Waals surface area contributed by atoms with Crippen LogP contribution in [-0.4, -0.2) is 13.9 Å². The first-order chi connectivity index (χ1) is 8.27. The van der Waals surface area contributed by atoms with E-state index >= 15 is 0 Å². The van der Waals surface area contributed by atoms with Gasteiger partial charge in [0.2, 0.25) is 0 Å². The molecule has 0 aliphatic rings. The second kappa shape index (κ2) is 3.94. The van der Waals surface area contributed by atoms with Crippen molar-refractivity contribution in [2.45, 2.75) is 0 Å². The number of nitrogens with two attached hydrogens (primary N) is 1. The molecule has 3 aromatic rings. The quantitative estimate of drug-likeness (QED) is 0.720. The Hall–Kier alpha value is -1.72. The summed E-state index contributed by atoms with van der Waals surface area (Å²) in [6.45, 7) is 0. The highest BCUT2D eigenvalue weighted by molar-refractivity contribution is 7.80. The van der Waals surface area contributed by atoms with Crippen LogP contribution in [0.2, 0.25) is 0 Å². The fraction of sp³-hybridized carbons (Fsp3) is 0. The SMILES string of the molecule is NC(=S)c1cccn1-c1snc2ccccc12. The highest BCUT2D eigenvalue weighted by Gasteiger charge is 2.11. The standard InChI is InChI=1S/C12H9N3S2/c13-11(16)10-6-3-7-15(10)12-8-4-1-2-5-9(8)14-17-12/h1-7H,(H2,13,16). The van der Waals surface area contributed by atoms with Crippen LogP contribution in [0.4, 0.5) is 0 Å². The highest BCUT2D eigenvalue weighted by atomic mass is 32.1. The number of fused-ring (bicyclic) bond motifs is 1. The minimum absolute atomic E-state index is 0.396. The van der Waals surface area contributed by atoms with Gasteiger partial charge in [0.15, 0.2) is 0 Å². The van der Waals surface area contributed by atoms with Gasteiger partial charge in [-0.2, -0.15) is 4.37 Å². The topological polar surface area (TPSA) is 43.8 Å². The minimum Gasteiger partial charge on any atom is -0.388 e. The monoisotopic (exact) mass is 259 g/mol. The molecule has 3 rings (SSSR count). The summed E-state index contributed by atoms with van der Waals surface area (Å²) in [7, 11) is 0. The lowest BCUT2D eigenvalue weighted by Crippen LogP contribution is -2.13. The summed E-state index contributed by atoms with van der Waals surface area (Å²) < 4.78 is 6.40. The van der Waals surface area contributed by atoms with Crippen LogP contribution in [0.1, 0.15) is 5.69 Å². The Bertz CT molecular complexity index is 696. The summed E-state index contributed by atoms with van der Waals surface area (Å²) >= 11 is 6.49. The first-order valence-corrected chi connectivity index (χ1v) is 6.27. The van der Waals surface area contributed by atoms with Gasteiger partial charge in [0.1, 0.15) is 9.99 Å². The molecule has 0 bridgehead atoms. The van der Waals surface area contributed by atoms with E-state index in [2.05, 4.69) is 10.4 Å². The van der Waals surface area contributed by atoms with Crippen molar-refractivity contribution in [1.29, 1.82) is 0 Å². The fourth-order valence-corrected chi connectivity index (χ4v) is 2.84.